The Balaban J connectivity index is 1.30. The number of allylic oxidation sites excluding steroid dienone is 3. The number of nitrogens with zero attached hydrogens (tertiary/aromatic N) is 1. The van der Waals surface area contributed by atoms with E-state index in [1.54, 1.807) is 6.26 Å². The second-order valence-electron chi connectivity index (χ2n) is 15.3. The SMILES string of the molecule is C=C1/C(=C\C=C2/CCC[C@]3(C)[C@@H]([C@H](C)CC[C@@H](OC(=O)C(C)(C)C)C4(c5nc(C)co5)CC4)CC[C@@H]23)C[C@@H](O)C[C@@H]1O. The highest BCUT2D eigenvalue weighted by Crippen LogP contribution is 2.60. The van der Waals surface area contributed by atoms with Crippen LogP contribution in [0.1, 0.15) is 117 Å². The van der Waals surface area contributed by atoms with Crippen molar-refractivity contribution in [2.75, 3.05) is 0 Å². The van der Waals surface area contributed by atoms with Gasteiger partial charge in [0.15, 0.2) is 0 Å². The first-order valence-electron chi connectivity index (χ1n) is 16.3. The summed E-state index contributed by atoms with van der Waals surface area (Å²) in [4.78, 5) is 17.8. The molecule has 5 rings (SSSR count). The number of rotatable bonds is 8. The molecule has 0 aliphatic heterocycles. The number of carbonyl (C=O) groups excluding carboxylic acids is 1. The van der Waals surface area contributed by atoms with Gasteiger partial charge in [0, 0.05) is 6.42 Å². The van der Waals surface area contributed by atoms with Gasteiger partial charge in [-0.15, -0.1) is 0 Å². The lowest BCUT2D eigenvalue weighted by Gasteiger charge is -2.44. The van der Waals surface area contributed by atoms with Gasteiger partial charge in [-0.05, 0) is 126 Å². The van der Waals surface area contributed by atoms with Crippen LogP contribution in [0.5, 0.6) is 0 Å². The highest BCUT2D eigenvalue weighted by atomic mass is 16.5. The number of aryl methyl sites for hydroxylation is 1. The molecule has 7 atom stereocenters. The van der Waals surface area contributed by atoms with Crippen molar-refractivity contribution in [3.63, 3.8) is 0 Å². The predicted molar refractivity (Wildman–Crippen MR) is 165 cm³/mol. The molecule has 0 unspecified atom stereocenters. The van der Waals surface area contributed by atoms with Crippen LogP contribution in [-0.2, 0) is 14.9 Å². The van der Waals surface area contributed by atoms with Crippen molar-refractivity contribution in [1.82, 2.24) is 4.98 Å². The van der Waals surface area contributed by atoms with Crippen molar-refractivity contribution < 1.29 is 24.2 Å². The highest BCUT2D eigenvalue weighted by molar-refractivity contribution is 5.75. The molecule has 0 radical (unpaired) electrons. The standard InChI is InChI=1S/C36H53NO5/c1-22(10-15-31(42-33(40)34(4,5)6)36(17-18-36)32-37-23(2)21-41-32)28-13-14-29-25(9-8-16-35(28,29)7)11-12-26-19-27(38)20-30(39)24(26)3/h11-12,21-22,27-31,38-39H,3,8-10,13-20H2,1-2,4-7H3/b25-11+,26-12-/t22-,27-,28-,29+,30+,31-,35-/m1/s1. The van der Waals surface area contributed by atoms with E-state index >= 15 is 0 Å². The Morgan fingerprint density at radius 2 is 1.95 bits per heavy atom. The zero-order valence-electron chi connectivity index (χ0n) is 26.7. The summed E-state index contributed by atoms with van der Waals surface area (Å²) in [7, 11) is 0. The third kappa shape index (κ3) is 6.08. The van der Waals surface area contributed by atoms with E-state index in [1.165, 1.54) is 31.3 Å². The number of ether oxygens (including phenoxy) is 1. The lowest BCUT2D eigenvalue weighted by atomic mass is 9.60. The van der Waals surface area contributed by atoms with Crippen LogP contribution >= 0.6 is 0 Å². The average molecular weight is 580 g/mol. The van der Waals surface area contributed by atoms with Crippen LogP contribution in [0.4, 0.5) is 0 Å². The van der Waals surface area contributed by atoms with E-state index in [1.807, 2.05) is 27.7 Å². The first-order chi connectivity index (χ1) is 19.7. The minimum absolute atomic E-state index is 0.153. The number of aliphatic hydroxyl groups is 2. The number of fused-ring (bicyclic) bond motifs is 1. The van der Waals surface area contributed by atoms with E-state index in [-0.39, 0.29) is 22.9 Å². The second kappa shape index (κ2) is 11.7. The van der Waals surface area contributed by atoms with Crippen molar-refractivity contribution in [3.05, 3.63) is 53.3 Å². The topological polar surface area (TPSA) is 92.8 Å². The maximum atomic E-state index is 13.1. The van der Waals surface area contributed by atoms with Crippen molar-refractivity contribution in [3.8, 4) is 0 Å². The van der Waals surface area contributed by atoms with Crippen molar-refractivity contribution in [2.24, 2.45) is 28.6 Å². The summed E-state index contributed by atoms with van der Waals surface area (Å²) in [5.41, 5.74) is 3.51. The van der Waals surface area contributed by atoms with Crippen LogP contribution in [0, 0.1) is 35.5 Å². The number of aromatic nitrogens is 1. The number of hydrogen-bond acceptors (Lipinski definition) is 6. The Kier molecular flexibility index (Phi) is 8.72. The van der Waals surface area contributed by atoms with Crippen LogP contribution in [0.25, 0.3) is 0 Å². The molecular formula is C36H53NO5. The van der Waals surface area contributed by atoms with Gasteiger partial charge >= 0.3 is 5.97 Å². The fourth-order valence-corrected chi connectivity index (χ4v) is 8.44. The third-order valence-electron chi connectivity index (χ3n) is 11.2. The molecule has 2 N–H and O–H groups in total. The van der Waals surface area contributed by atoms with Gasteiger partial charge in [0.05, 0.1) is 28.7 Å². The molecule has 0 amide bonds. The molecule has 0 saturated heterocycles. The number of oxazole rings is 1. The molecule has 6 nitrogen and oxygen atoms in total. The molecule has 42 heavy (non-hydrogen) atoms. The maximum Gasteiger partial charge on any atom is 0.311 e. The van der Waals surface area contributed by atoms with E-state index in [9.17, 15) is 15.0 Å². The summed E-state index contributed by atoms with van der Waals surface area (Å²) in [6, 6.07) is 0. The Morgan fingerprint density at radius 1 is 1.21 bits per heavy atom. The van der Waals surface area contributed by atoms with E-state index in [0.717, 1.165) is 54.8 Å². The van der Waals surface area contributed by atoms with E-state index in [4.69, 9.17) is 9.15 Å². The van der Waals surface area contributed by atoms with Gasteiger partial charge < -0.3 is 19.4 Å². The van der Waals surface area contributed by atoms with Crippen LogP contribution in [0.2, 0.25) is 0 Å². The van der Waals surface area contributed by atoms with E-state index < -0.39 is 17.6 Å². The fraction of sp³-hybridized carbons (Fsp3) is 0.722. The minimum Gasteiger partial charge on any atom is -0.461 e. The zero-order valence-corrected chi connectivity index (χ0v) is 26.7. The predicted octanol–water partition coefficient (Wildman–Crippen LogP) is 7.53. The molecule has 0 bridgehead atoms. The molecule has 232 valence electrons. The van der Waals surface area contributed by atoms with Gasteiger partial charge in [-0.25, -0.2) is 4.98 Å². The number of aliphatic hydroxyl groups excluding tert-OH is 2. The van der Waals surface area contributed by atoms with Gasteiger partial charge in [-0.2, -0.15) is 0 Å². The van der Waals surface area contributed by atoms with Gasteiger partial charge in [-0.1, -0.05) is 38.2 Å². The summed E-state index contributed by atoms with van der Waals surface area (Å²) < 4.78 is 12.2. The molecular weight excluding hydrogens is 526 g/mol. The van der Waals surface area contributed by atoms with Crippen LogP contribution in [0.15, 0.2) is 46.1 Å². The normalized spacial score (nSPS) is 34.3. The summed E-state index contributed by atoms with van der Waals surface area (Å²) in [5.74, 6) is 2.26. The van der Waals surface area contributed by atoms with Crippen LogP contribution < -0.4 is 0 Å². The first kappa shape index (κ1) is 31.3. The largest absolute Gasteiger partial charge is 0.461 e. The number of esters is 1. The molecule has 4 aliphatic carbocycles. The molecule has 1 aromatic rings. The zero-order chi connectivity index (χ0) is 30.4. The van der Waals surface area contributed by atoms with E-state index in [0.29, 0.717) is 30.6 Å². The average Bonchev–Trinajstić information content (AvgIpc) is 3.47. The molecule has 4 aliphatic rings. The maximum absolute atomic E-state index is 13.1. The van der Waals surface area contributed by atoms with E-state index in [2.05, 4.69) is 37.6 Å². The Morgan fingerprint density at radius 3 is 2.60 bits per heavy atom. The van der Waals surface area contributed by atoms with Gasteiger partial charge in [0.2, 0.25) is 5.89 Å². The molecule has 0 spiro atoms. The highest BCUT2D eigenvalue weighted by Gasteiger charge is 2.57. The molecule has 4 saturated carbocycles. The first-order valence-corrected chi connectivity index (χ1v) is 16.3. The van der Waals surface area contributed by atoms with Crippen molar-refractivity contribution in [2.45, 2.75) is 136 Å². The summed E-state index contributed by atoms with van der Waals surface area (Å²) in [5, 5.41) is 20.5. The minimum atomic E-state index is -0.652. The molecule has 0 aromatic carbocycles. The van der Waals surface area contributed by atoms with Gasteiger partial charge in [0.1, 0.15) is 12.4 Å². The summed E-state index contributed by atoms with van der Waals surface area (Å²) in [6.45, 7) is 16.7. The molecule has 4 fully saturated rings. The number of carbonyl (C=O) groups is 1. The van der Waals surface area contributed by atoms with Crippen molar-refractivity contribution >= 4 is 5.97 Å². The van der Waals surface area contributed by atoms with Crippen LogP contribution in [0.3, 0.4) is 0 Å². The van der Waals surface area contributed by atoms with Crippen molar-refractivity contribution in [1.29, 1.82) is 0 Å². The Labute approximate surface area is 252 Å². The summed E-state index contributed by atoms with van der Waals surface area (Å²) in [6.07, 6.45) is 15.4. The Hall–Kier alpha value is -2.18. The monoisotopic (exact) mass is 579 g/mol. The molecule has 1 aromatic heterocycles. The lowest BCUT2D eigenvalue weighted by molar-refractivity contribution is -0.161. The third-order valence-corrected chi connectivity index (χ3v) is 11.2. The van der Waals surface area contributed by atoms with Gasteiger partial charge in [-0.3, -0.25) is 4.79 Å². The quantitative estimate of drug-likeness (QED) is 0.309. The lowest BCUT2D eigenvalue weighted by Crippen LogP contribution is -2.38. The summed E-state index contributed by atoms with van der Waals surface area (Å²) >= 11 is 0. The smallest absolute Gasteiger partial charge is 0.311 e. The Bertz CT molecular complexity index is 1230. The van der Waals surface area contributed by atoms with Gasteiger partial charge in [0.25, 0.3) is 0 Å². The molecule has 1 heterocycles. The number of hydrogen-bond donors (Lipinski definition) is 2. The molecule has 6 heteroatoms. The van der Waals surface area contributed by atoms with Crippen LogP contribution in [-0.4, -0.2) is 39.5 Å². The second-order valence-corrected chi connectivity index (χ2v) is 15.3. The fourth-order valence-electron chi connectivity index (χ4n) is 8.44.